The average molecular weight is 330 g/mol. The molecule has 23 heavy (non-hydrogen) atoms. The van der Waals surface area contributed by atoms with Gasteiger partial charge in [-0.3, -0.25) is 0 Å². The van der Waals surface area contributed by atoms with Gasteiger partial charge in [-0.25, -0.2) is 0 Å². The maximum atomic E-state index is 11.5. The summed E-state index contributed by atoms with van der Waals surface area (Å²) < 4.78 is 6.95. The maximum Gasteiger partial charge on any atom is 0.373 e. The van der Waals surface area contributed by atoms with E-state index in [1.807, 2.05) is 23.1 Å². The second-order valence-corrected chi connectivity index (χ2v) is 6.21. The van der Waals surface area contributed by atoms with Gasteiger partial charge in [0.2, 0.25) is 5.82 Å². The summed E-state index contributed by atoms with van der Waals surface area (Å²) in [5.74, 6) is 1.35. The minimum atomic E-state index is -0.358. The molecule has 0 atom stereocenters. The van der Waals surface area contributed by atoms with Crippen LogP contribution in [-0.4, -0.2) is 28.0 Å². The summed E-state index contributed by atoms with van der Waals surface area (Å²) in [6.45, 7) is 1.28. The van der Waals surface area contributed by atoms with Crippen LogP contribution in [0.25, 0.3) is 4.96 Å². The highest BCUT2D eigenvalue weighted by Crippen LogP contribution is 2.35. The van der Waals surface area contributed by atoms with Crippen LogP contribution in [0, 0.1) is 10.1 Å². The molecule has 3 aromatic rings. The second-order valence-electron chi connectivity index (χ2n) is 5.34. The third-order valence-corrected chi connectivity index (χ3v) is 4.89. The van der Waals surface area contributed by atoms with Crippen LogP contribution in [-0.2, 0) is 13.0 Å². The van der Waals surface area contributed by atoms with Gasteiger partial charge in [-0.2, -0.15) is 9.38 Å². The molecule has 8 heteroatoms. The Bertz CT molecular complexity index is 901. The number of hydrogen-bond acceptors (Lipinski definition) is 6. The lowest BCUT2D eigenvalue weighted by Gasteiger charge is -2.29. The molecule has 1 aliphatic heterocycles. The predicted octanol–water partition coefficient (Wildman–Crippen LogP) is 2.88. The number of methoxy groups -OCH3 is 1. The van der Waals surface area contributed by atoms with Gasteiger partial charge in [-0.05, 0) is 23.0 Å². The molecular weight excluding hydrogens is 316 g/mol. The first-order chi connectivity index (χ1) is 11.2. The van der Waals surface area contributed by atoms with E-state index in [1.165, 1.54) is 16.9 Å². The molecule has 0 spiro atoms. The molecule has 1 aromatic carbocycles. The molecule has 0 bridgehead atoms. The number of fused-ring (bicyclic) bond motifs is 2. The van der Waals surface area contributed by atoms with Crippen molar-refractivity contribution in [1.29, 1.82) is 0 Å². The first-order valence-electron chi connectivity index (χ1n) is 7.18. The Hall–Kier alpha value is -2.61. The largest absolute Gasteiger partial charge is 0.496 e. The lowest BCUT2D eigenvalue weighted by atomic mass is 9.99. The van der Waals surface area contributed by atoms with Gasteiger partial charge in [0.1, 0.15) is 11.9 Å². The molecule has 0 unspecified atom stereocenters. The van der Waals surface area contributed by atoms with Gasteiger partial charge in [-0.15, -0.1) is 0 Å². The fraction of sp³-hybridized carbons (Fsp3) is 0.267. The SMILES string of the molecule is COc1cccc2c1CCN(c1nc3sccn3c1[N+](=O)[O-])C2. The molecule has 0 aliphatic carbocycles. The van der Waals surface area contributed by atoms with E-state index in [4.69, 9.17) is 4.74 Å². The molecular formula is C15H14N4O3S. The molecule has 7 nitrogen and oxygen atoms in total. The third-order valence-electron chi connectivity index (χ3n) is 4.13. The van der Waals surface area contributed by atoms with Crippen LogP contribution in [0.4, 0.5) is 11.6 Å². The summed E-state index contributed by atoms with van der Waals surface area (Å²) in [6.07, 6.45) is 2.47. The van der Waals surface area contributed by atoms with Crippen molar-refractivity contribution in [3.63, 3.8) is 0 Å². The fourth-order valence-corrected chi connectivity index (χ4v) is 3.79. The number of imidazole rings is 1. The van der Waals surface area contributed by atoms with Crippen molar-refractivity contribution in [3.8, 4) is 5.75 Å². The van der Waals surface area contributed by atoms with E-state index in [0.29, 0.717) is 23.9 Å². The zero-order valence-electron chi connectivity index (χ0n) is 12.4. The molecule has 4 rings (SSSR count). The second kappa shape index (κ2) is 5.24. The van der Waals surface area contributed by atoms with Gasteiger partial charge < -0.3 is 19.8 Å². The van der Waals surface area contributed by atoms with Gasteiger partial charge in [0.05, 0.1) is 7.11 Å². The number of nitro groups is 1. The van der Waals surface area contributed by atoms with E-state index < -0.39 is 0 Å². The number of thiazole rings is 1. The minimum absolute atomic E-state index is 0.0348. The van der Waals surface area contributed by atoms with Crippen molar-refractivity contribution in [1.82, 2.24) is 9.38 Å². The zero-order chi connectivity index (χ0) is 16.0. The van der Waals surface area contributed by atoms with E-state index in [-0.39, 0.29) is 10.7 Å². The smallest absolute Gasteiger partial charge is 0.373 e. The Morgan fingerprint density at radius 1 is 1.43 bits per heavy atom. The summed E-state index contributed by atoms with van der Waals surface area (Å²) in [7, 11) is 1.66. The monoisotopic (exact) mass is 330 g/mol. The molecule has 1 aliphatic rings. The number of nitrogens with zero attached hydrogens (tertiary/aromatic N) is 4. The summed E-state index contributed by atoms with van der Waals surface area (Å²) in [5.41, 5.74) is 2.30. The number of anilines is 1. The summed E-state index contributed by atoms with van der Waals surface area (Å²) in [5, 5.41) is 13.3. The summed E-state index contributed by atoms with van der Waals surface area (Å²) in [4.78, 5) is 18.2. The van der Waals surface area contributed by atoms with Crippen LogP contribution < -0.4 is 9.64 Å². The Balaban J connectivity index is 1.76. The van der Waals surface area contributed by atoms with Crippen LogP contribution in [0.15, 0.2) is 29.8 Å². The van der Waals surface area contributed by atoms with Gasteiger partial charge in [0, 0.05) is 24.0 Å². The first kappa shape index (κ1) is 14.0. The van der Waals surface area contributed by atoms with E-state index in [9.17, 15) is 10.1 Å². The molecule has 0 saturated heterocycles. The molecule has 0 amide bonds. The van der Waals surface area contributed by atoms with Crippen LogP contribution in [0.2, 0.25) is 0 Å². The Morgan fingerprint density at radius 2 is 2.30 bits per heavy atom. The molecule has 0 saturated carbocycles. The fourth-order valence-electron chi connectivity index (χ4n) is 3.09. The lowest BCUT2D eigenvalue weighted by Crippen LogP contribution is -2.31. The van der Waals surface area contributed by atoms with Gasteiger partial charge in [-0.1, -0.05) is 23.5 Å². The molecule has 0 N–H and O–H groups in total. The maximum absolute atomic E-state index is 11.5. The predicted molar refractivity (Wildman–Crippen MR) is 87.5 cm³/mol. The van der Waals surface area contributed by atoms with E-state index >= 15 is 0 Å². The van der Waals surface area contributed by atoms with Crippen LogP contribution in [0.5, 0.6) is 5.75 Å². The van der Waals surface area contributed by atoms with Crippen molar-refractivity contribution in [3.05, 3.63) is 51.0 Å². The number of rotatable bonds is 3. The summed E-state index contributed by atoms with van der Waals surface area (Å²) in [6, 6.07) is 5.93. The molecule has 0 radical (unpaired) electrons. The number of ether oxygens (including phenoxy) is 1. The highest BCUT2D eigenvalue weighted by Gasteiger charge is 2.30. The van der Waals surface area contributed by atoms with Crippen molar-refractivity contribution in [2.24, 2.45) is 0 Å². The minimum Gasteiger partial charge on any atom is -0.496 e. The summed E-state index contributed by atoms with van der Waals surface area (Å²) >= 11 is 1.40. The van der Waals surface area contributed by atoms with Gasteiger partial charge in [0.25, 0.3) is 4.96 Å². The van der Waals surface area contributed by atoms with Gasteiger partial charge >= 0.3 is 5.82 Å². The topological polar surface area (TPSA) is 72.9 Å². The third kappa shape index (κ3) is 2.14. The van der Waals surface area contributed by atoms with Crippen molar-refractivity contribution < 1.29 is 9.66 Å². The Labute approximate surface area is 135 Å². The van der Waals surface area contributed by atoms with Crippen LogP contribution >= 0.6 is 11.3 Å². The molecule has 118 valence electrons. The molecule has 3 heterocycles. The Kier molecular flexibility index (Phi) is 3.19. The van der Waals surface area contributed by atoms with E-state index in [2.05, 4.69) is 4.98 Å². The van der Waals surface area contributed by atoms with E-state index in [0.717, 1.165) is 17.7 Å². The van der Waals surface area contributed by atoms with Crippen molar-refractivity contribution in [2.45, 2.75) is 13.0 Å². The quantitative estimate of drug-likeness (QED) is 0.545. The number of hydrogen-bond donors (Lipinski definition) is 0. The number of aromatic nitrogens is 2. The lowest BCUT2D eigenvalue weighted by molar-refractivity contribution is -0.389. The zero-order valence-corrected chi connectivity index (χ0v) is 13.2. The van der Waals surface area contributed by atoms with Gasteiger partial charge in [0.15, 0.2) is 0 Å². The van der Waals surface area contributed by atoms with E-state index in [1.54, 1.807) is 23.1 Å². The standard InChI is InChI=1S/C15H14N4O3S/c1-22-12-4-2-3-10-9-17(6-5-11(10)12)13-14(19(20)21)18-7-8-23-15(18)16-13/h2-4,7-8H,5-6,9H2,1H3. The average Bonchev–Trinajstić information content (AvgIpc) is 3.13. The van der Waals surface area contributed by atoms with Crippen molar-refractivity contribution in [2.75, 3.05) is 18.6 Å². The number of benzene rings is 1. The first-order valence-corrected chi connectivity index (χ1v) is 8.06. The Morgan fingerprint density at radius 3 is 3.09 bits per heavy atom. The highest BCUT2D eigenvalue weighted by atomic mass is 32.1. The normalized spacial score (nSPS) is 14.0. The van der Waals surface area contributed by atoms with Crippen LogP contribution in [0.3, 0.4) is 0 Å². The molecule has 0 fully saturated rings. The molecule has 2 aromatic heterocycles. The van der Waals surface area contributed by atoms with Crippen LogP contribution in [0.1, 0.15) is 11.1 Å². The van der Waals surface area contributed by atoms with Crippen molar-refractivity contribution >= 4 is 27.9 Å². The highest BCUT2D eigenvalue weighted by molar-refractivity contribution is 7.15.